The summed E-state index contributed by atoms with van der Waals surface area (Å²) in [5.74, 6) is -1.15. The number of aromatic hydroxyl groups is 1. The molecule has 2 aromatic carbocycles. The van der Waals surface area contributed by atoms with E-state index in [1.54, 1.807) is 0 Å². The fraction of sp³-hybridized carbons (Fsp3) is 0.182. The number of carbonyl (C=O) groups is 3. The van der Waals surface area contributed by atoms with Crippen molar-refractivity contribution in [1.82, 2.24) is 15.8 Å². The first kappa shape index (κ1) is 22.5. The van der Waals surface area contributed by atoms with Crippen LogP contribution in [0.1, 0.15) is 34.3 Å². The number of nitrogens with zero attached hydrogens (tertiary/aromatic N) is 1. The van der Waals surface area contributed by atoms with Crippen molar-refractivity contribution in [2.75, 3.05) is 6.54 Å². The minimum absolute atomic E-state index is 0.0427. The van der Waals surface area contributed by atoms with Gasteiger partial charge >= 0.3 is 0 Å². The molecule has 9 heteroatoms. The molecule has 0 aromatic heterocycles. The average molecular weight is 456 g/mol. The molecular formula is C22H21N3O4S2. The Labute approximate surface area is 189 Å². The number of phenolic OH excluding ortho intramolecular Hbond substituents is 1. The molecule has 0 saturated carbocycles. The van der Waals surface area contributed by atoms with Crippen LogP contribution in [0.4, 0.5) is 0 Å². The standard InChI is InChI=1S/C22H21N3O4S2/c1-14-7-9-15(10-8-14)12-18-21(29)25(22(30)31-18)11-3-6-19(27)23-24-20(28)16-4-2-5-17(26)13-16/h2,4-5,7-10,12-13,26H,3,6,11H2,1H3,(H,23,27)(H,24,28). The predicted octanol–water partition coefficient (Wildman–Crippen LogP) is 3.14. The number of amides is 3. The van der Waals surface area contributed by atoms with E-state index in [-0.39, 0.29) is 23.6 Å². The van der Waals surface area contributed by atoms with E-state index in [9.17, 15) is 19.5 Å². The van der Waals surface area contributed by atoms with E-state index in [2.05, 4.69) is 10.9 Å². The zero-order valence-corrected chi connectivity index (χ0v) is 18.4. The maximum absolute atomic E-state index is 12.6. The van der Waals surface area contributed by atoms with Gasteiger partial charge in [-0.2, -0.15) is 0 Å². The number of nitrogens with one attached hydrogen (secondary N) is 2. The summed E-state index contributed by atoms with van der Waals surface area (Å²) in [6, 6.07) is 13.6. The molecule has 2 aromatic rings. The van der Waals surface area contributed by atoms with Crippen molar-refractivity contribution in [1.29, 1.82) is 0 Å². The minimum Gasteiger partial charge on any atom is -0.508 e. The van der Waals surface area contributed by atoms with Crippen LogP contribution in [0.15, 0.2) is 53.4 Å². The van der Waals surface area contributed by atoms with Gasteiger partial charge in [0.05, 0.1) is 4.91 Å². The second kappa shape index (κ2) is 10.2. The molecule has 160 valence electrons. The average Bonchev–Trinajstić information content (AvgIpc) is 3.01. The van der Waals surface area contributed by atoms with Crippen LogP contribution in [-0.2, 0) is 9.59 Å². The van der Waals surface area contributed by atoms with Crippen molar-refractivity contribution >= 4 is 52.1 Å². The predicted molar refractivity (Wildman–Crippen MR) is 124 cm³/mol. The zero-order valence-electron chi connectivity index (χ0n) is 16.8. The summed E-state index contributed by atoms with van der Waals surface area (Å²) in [5, 5.41) is 9.40. The molecule has 1 fully saturated rings. The number of thiocarbonyl (C=S) groups is 1. The molecule has 3 amide bonds. The second-order valence-electron chi connectivity index (χ2n) is 6.90. The number of hydrogen-bond donors (Lipinski definition) is 3. The molecule has 0 spiro atoms. The maximum Gasteiger partial charge on any atom is 0.269 e. The lowest BCUT2D eigenvalue weighted by Crippen LogP contribution is -2.41. The molecular weight excluding hydrogens is 434 g/mol. The van der Waals surface area contributed by atoms with Gasteiger partial charge in [0.25, 0.3) is 11.8 Å². The Morgan fingerprint density at radius 1 is 1.16 bits per heavy atom. The Bertz CT molecular complexity index is 1050. The lowest BCUT2D eigenvalue weighted by atomic mass is 10.1. The SMILES string of the molecule is Cc1ccc(C=C2SC(=S)N(CCCC(=O)NNC(=O)c3cccc(O)c3)C2=O)cc1. The third-order valence-corrected chi connectivity index (χ3v) is 5.84. The maximum atomic E-state index is 12.6. The molecule has 3 rings (SSSR count). The number of hydrogen-bond acceptors (Lipinski definition) is 6. The molecule has 1 heterocycles. The number of aryl methyl sites for hydroxylation is 1. The molecule has 1 aliphatic heterocycles. The van der Waals surface area contributed by atoms with Crippen LogP contribution in [0.25, 0.3) is 6.08 Å². The number of phenols is 1. The highest BCUT2D eigenvalue weighted by atomic mass is 32.2. The van der Waals surface area contributed by atoms with E-state index < -0.39 is 11.8 Å². The van der Waals surface area contributed by atoms with Crippen LogP contribution >= 0.6 is 24.0 Å². The number of thioether (sulfide) groups is 1. The van der Waals surface area contributed by atoms with Gasteiger partial charge in [0.2, 0.25) is 5.91 Å². The molecule has 0 bridgehead atoms. The van der Waals surface area contributed by atoms with Gasteiger partial charge in [-0.3, -0.25) is 30.1 Å². The molecule has 0 atom stereocenters. The molecule has 0 aliphatic carbocycles. The highest BCUT2D eigenvalue weighted by molar-refractivity contribution is 8.26. The Morgan fingerprint density at radius 2 is 1.90 bits per heavy atom. The Kier molecular flexibility index (Phi) is 7.43. The topological polar surface area (TPSA) is 98.7 Å². The largest absolute Gasteiger partial charge is 0.508 e. The summed E-state index contributed by atoms with van der Waals surface area (Å²) in [7, 11) is 0. The quantitative estimate of drug-likeness (QED) is 0.352. The van der Waals surface area contributed by atoms with E-state index in [0.29, 0.717) is 22.2 Å². The summed E-state index contributed by atoms with van der Waals surface area (Å²) in [4.78, 5) is 38.6. The van der Waals surface area contributed by atoms with Gasteiger partial charge < -0.3 is 5.11 Å². The van der Waals surface area contributed by atoms with Crippen LogP contribution in [0, 0.1) is 6.92 Å². The first-order valence-corrected chi connectivity index (χ1v) is 10.8. The molecule has 1 saturated heterocycles. The number of benzene rings is 2. The number of carbonyl (C=O) groups excluding carboxylic acids is 3. The van der Waals surface area contributed by atoms with Gasteiger partial charge in [-0.25, -0.2) is 0 Å². The van der Waals surface area contributed by atoms with Crippen LogP contribution in [-0.4, -0.2) is 38.6 Å². The fourth-order valence-corrected chi connectivity index (χ4v) is 4.12. The molecule has 0 unspecified atom stereocenters. The van der Waals surface area contributed by atoms with Crippen molar-refractivity contribution in [3.8, 4) is 5.75 Å². The fourth-order valence-electron chi connectivity index (χ4n) is 2.81. The van der Waals surface area contributed by atoms with Crippen LogP contribution in [0.2, 0.25) is 0 Å². The van der Waals surface area contributed by atoms with E-state index >= 15 is 0 Å². The lowest BCUT2D eigenvalue weighted by Gasteiger charge is -2.14. The summed E-state index contributed by atoms with van der Waals surface area (Å²) < 4.78 is 0.459. The van der Waals surface area contributed by atoms with Crippen molar-refractivity contribution in [2.24, 2.45) is 0 Å². The highest BCUT2D eigenvalue weighted by Gasteiger charge is 2.31. The van der Waals surface area contributed by atoms with E-state index in [1.165, 1.54) is 40.9 Å². The van der Waals surface area contributed by atoms with Gasteiger partial charge in [0, 0.05) is 18.5 Å². The van der Waals surface area contributed by atoms with Crippen LogP contribution < -0.4 is 10.9 Å². The molecule has 1 aliphatic rings. The zero-order chi connectivity index (χ0) is 22.4. The van der Waals surface area contributed by atoms with E-state index in [0.717, 1.165) is 11.1 Å². The molecule has 31 heavy (non-hydrogen) atoms. The monoisotopic (exact) mass is 455 g/mol. The van der Waals surface area contributed by atoms with Crippen molar-refractivity contribution in [2.45, 2.75) is 19.8 Å². The third-order valence-electron chi connectivity index (χ3n) is 4.46. The van der Waals surface area contributed by atoms with Crippen molar-refractivity contribution in [3.05, 3.63) is 70.1 Å². The minimum atomic E-state index is -0.539. The van der Waals surface area contributed by atoms with Gasteiger partial charge in [-0.05, 0) is 43.2 Å². The summed E-state index contributed by atoms with van der Waals surface area (Å²) in [6.45, 7) is 2.31. The normalized spacial score (nSPS) is 14.7. The third kappa shape index (κ3) is 6.16. The first-order valence-electron chi connectivity index (χ1n) is 9.54. The van der Waals surface area contributed by atoms with Crippen LogP contribution in [0.5, 0.6) is 5.75 Å². The number of rotatable bonds is 6. The van der Waals surface area contributed by atoms with Gasteiger partial charge in [-0.1, -0.05) is 59.9 Å². The second-order valence-corrected chi connectivity index (χ2v) is 8.58. The molecule has 7 nitrogen and oxygen atoms in total. The van der Waals surface area contributed by atoms with Gasteiger partial charge in [0.15, 0.2) is 0 Å². The van der Waals surface area contributed by atoms with Gasteiger partial charge in [0.1, 0.15) is 10.1 Å². The summed E-state index contributed by atoms with van der Waals surface area (Å²) in [6.07, 6.45) is 2.30. The Balaban J connectivity index is 1.46. The lowest BCUT2D eigenvalue weighted by molar-refractivity contribution is -0.124. The smallest absolute Gasteiger partial charge is 0.269 e. The van der Waals surface area contributed by atoms with Crippen molar-refractivity contribution in [3.63, 3.8) is 0 Å². The molecule has 0 radical (unpaired) electrons. The highest BCUT2D eigenvalue weighted by Crippen LogP contribution is 2.32. The number of hydrazine groups is 1. The Morgan fingerprint density at radius 3 is 2.61 bits per heavy atom. The summed E-state index contributed by atoms with van der Waals surface area (Å²) >= 11 is 6.55. The first-order chi connectivity index (χ1) is 14.8. The van der Waals surface area contributed by atoms with E-state index in [1.807, 2.05) is 37.3 Å². The summed E-state index contributed by atoms with van der Waals surface area (Å²) in [5.41, 5.74) is 6.90. The van der Waals surface area contributed by atoms with Gasteiger partial charge in [-0.15, -0.1) is 0 Å². The Hall–Kier alpha value is -3.17. The van der Waals surface area contributed by atoms with Crippen molar-refractivity contribution < 1.29 is 19.5 Å². The van der Waals surface area contributed by atoms with E-state index in [4.69, 9.17) is 12.2 Å². The molecule has 3 N–H and O–H groups in total. The van der Waals surface area contributed by atoms with Crippen LogP contribution in [0.3, 0.4) is 0 Å².